The van der Waals surface area contributed by atoms with E-state index >= 15 is 0 Å². The molecule has 98 valence electrons. The number of nitrogens with one attached hydrogen (secondary N) is 1. The van der Waals surface area contributed by atoms with E-state index in [0.29, 0.717) is 30.8 Å². The largest absolute Gasteiger partial charge is 0.279 e. The zero-order chi connectivity index (χ0) is 13.1. The van der Waals surface area contributed by atoms with Gasteiger partial charge in [-0.05, 0) is 18.9 Å². The third-order valence-electron chi connectivity index (χ3n) is 2.85. The van der Waals surface area contributed by atoms with Crippen LogP contribution in [0.2, 0.25) is 0 Å². The van der Waals surface area contributed by atoms with Crippen molar-refractivity contribution < 1.29 is 9.13 Å². The van der Waals surface area contributed by atoms with Gasteiger partial charge in [0, 0.05) is 19.2 Å². The van der Waals surface area contributed by atoms with E-state index in [0.717, 1.165) is 6.42 Å². The molecule has 0 fully saturated rings. The predicted octanol–water partition coefficient (Wildman–Crippen LogP) is 1.54. The van der Waals surface area contributed by atoms with Crippen molar-refractivity contribution in [1.82, 2.24) is 4.72 Å². The Morgan fingerprint density at radius 1 is 1.56 bits per heavy atom. The first-order valence-electron chi connectivity index (χ1n) is 5.84. The summed E-state index contributed by atoms with van der Waals surface area (Å²) < 4.78 is 16.5. The van der Waals surface area contributed by atoms with E-state index in [-0.39, 0.29) is 10.6 Å². The van der Waals surface area contributed by atoms with Crippen LogP contribution in [0.15, 0.2) is 18.2 Å². The fraction of sp³-hybridized carbons (Fsp3) is 0.455. The van der Waals surface area contributed by atoms with Crippen LogP contribution in [0.25, 0.3) is 0 Å². The average molecular weight is 269 g/mol. The fourth-order valence-electron chi connectivity index (χ4n) is 2.12. The fourth-order valence-corrected chi connectivity index (χ4v) is 3.16. The van der Waals surface area contributed by atoms with Crippen LogP contribution in [0.4, 0.5) is 11.4 Å². The maximum absolute atomic E-state index is 12.0. The highest BCUT2D eigenvalue weighted by atomic mass is 32.2. The molecule has 0 amide bonds. The minimum atomic E-state index is -1.33. The Hall–Kier alpha value is -1.47. The highest BCUT2D eigenvalue weighted by Gasteiger charge is 2.27. The molecule has 0 saturated heterocycles. The van der Waals surface area contributed by atoms with Crippen LogP contribution >= 0.6 is 0 Å². The van der Waals surface area contributed by atoms with E-state index in [2.05, 4.69) is 4.72 Å². The molecule has 18 heavy (non-hydrogen) atoms. The molecule has 7 heteroatoms. The van der Waals surface area contributed by atoms with Gasteiger partial charge in [0.1, 0.15) is 0 Å². The van der Waals surface area contributed by atoms with Gasteiger partial charge < -0.3 is 0 Å². The van der Waals surface area contributed by atoms with Crippen molar-refractivity contribution in [3.05, 3.63) is 33.9 Å². The molecule has 0 saturated carbocycles. The van der Waals surface area contributed by atoms with Gasteiger partial charge in [-0.1, -0.05) is 13.0 Å². The van der Waals surface area contributed by atoms with Crippen molar-refractivity contribution >= 4 is 22.5 Å². The summed E-state index contributed by atoms with van der Waals surface area (Å²) in [5.74, 6) is 0. The van der Waals surface area contributed by atoms with Crippen molar-refractivity contribution in [2.75, 3.05) is 17.4 Å². The van der Waals surface area contributed by atoms with Crippen LogP contribution in [0.1, 0.15) is 18.9 Å². The number of nitrogens with zero attached hydrogens (tertiary/aromatic N) is 2. The lowest BCUT2D eigenvalue weighted by Crippen LogP contribution is -2.38. The number of hydrogen-bond donors (Lipinski definition) is 1. The van der Waals surface area contributed by atoms with Gasteiger partial charge in [-0.25, -0.2) is 8.93 Å². The summed E-state index contributed by atoms with van der Waals surface area (Å²) >= 11 is -1.33. The van der Waals surface area contributed by atoms with Crippen molar-refractivity contribution in [1.29, 1.82) is 0 Å². The smallest absolute Gasteiger partial charge is 0.274 e. The molecule has 1 aromatic carbocycles. The Bertz CT molecular complexity index is 492. The number of fused-ring (bicyclic) bond motifs is 1. The first-order valence-corrected chi connectivity index (χ1v) is 6.95. The van der Waals surface area contributed by atoms with Crippen LogP contribution in [0.5, 0.6) is 0 Å². The number of anilines is 1. The second-order valence-electron chi connectivity index (χ2n) is 3.98. The molecular weight excluding hydrogens is 254 g/mol. The first-order chi connectivity index (χ1) is 8.65. The Kier molecular flexibility index (Phi) is 3.93. The normalized spacial score (nSPS) is 16.2. The second kappa shape index (κ2) is 5.45. The number of benzene rings is 1. The minimum absolute atomic E-state index is 0.116. The highest BCUT2D eigenvalue weighted by molar-refractivity contribution is 7.84. The Balaban J connectivity index is 2.41. The molecule has 0 spiro atoms. The van der Waals surface area contributed by atoms with Gasteiger partial charge in [-0.2, -0.15) is 0 Å². The first kappa shape index (κ1) is 13.0. The van der Waals surface area contributed by atoms with E-state index in [1.807, 2.05) is 6.92 Å². The Morgan fingerprint density at radius 2 is 2.33 bits per heavy atom. The summed E-state index contributed by atoms with van der Waals surface area (Å²) in [5.41, 5.74) is 1.50. The molecular formula is C11H15N3O3S. The van der Waals surface area contributed by atoms with Crippen LogP contribution in [-0.4, -0.2) is 22.2 Å². The molecule has 1 unspecified atom stereocenters. The molecule has 1 aliphatic rings. The maximum atomic E-state index is 12.0. The third kappa shape index (κ3) is 2.37. The summed E-state index contributed by atoms with van der Waals surface area (Å²) in [6.07, 6.45) is 1.43. The van der Waals surface area contributed by atoms with E-state index in [1.54, 1.807) is 16.4 Å². The summed E-state index contributed by atoms with van der Waals surface area (Å²) in [6, 6.07) is 4.92. The zero-order valence-electron chi connectivity index (χ0n) is 10.1. The van der Waals surface area contributed by atoms with E-state index in [9.17, 15) is 14.3 Å². The second-order valence-corrected chi connectivity index (χ2v) is 5.21. The lowest BCUT2D eigenvalue weighted by atomic mass is 10.0. The minimum Gasteiger partial charge on any atom is -0.279 e. The summed E-state index contributed by atoms with van der Waals surface area (Å²) in [7, 11) is 0. The zero-order valence-corrected chi connectivity index (χ0v) is 10.9. The number of rotatable bonds is 4. The van der Waals surface area contributed by atoms with Crippen LogP contribution in [-0.2, 0) is 17.6 Å². The Morgan fingerprint density at radius 3 is 3.00 bits per heavy atom. The monoisotopic (exact) mass is 269 g/mol. The van der Waals surface area contributed by atoms with Gasteiger partial charge in [-0.15, -0.1) is 0 Å². The van der Waals surface area contributed by atoms with Crippen LogP contribution in [0, 0.1) is 10.1 Å². The lowest BCUT2D eigenvalue weighted by molar-refractivity contribution is -0.385. The molecule has 1 aromatic rings. The molecule has 2 rings (SSSR count). The molecule has 1 aliphatic heterocycles. The average Bonchev–Trinajstić information content (AvgIpc) is 2.37. The van der Waals surface area contributed by atoms with Crippen molar-refractivity contribution in [2.45, 2.75) is 19.8 Å². The van der Waals surface area contributed by atoms with Crippen LogP contribution < -0.4 is 9.03 Å². The van der Waals surface area contributed by atoms with Gasteiger partial charge in [0.15, 0.2) is 11.2 Å². The molecule has 0 aromatic heterocycles. The number of hydrogen-bond acceptors (Lipinski definition) is 3. The SMILES string of the molecule is CCNS(=O)N1CCCc2c1cccc2[N+](=O)[O-]. The van der Waals surface area contributed by atoms with Gasteiger partial charge >= 0.3 is 0 Å². The summed E-state index contributed by atoms with van der Waals surface area (Å²) in [4.78, 5) is 10.6. The van der Waals surface area contributed by atoms with E-state index in [4.69, 9.17) is 0 Å². The molecule has 1 atom stereocenters. The van der Waals surface area contributed by atoms with Crippen molar-refractivity contribution in [3.8, 4) is 0 Å². The highest BCUT2D eigenvalue weighted by Crippen LogP contribution is 2.34. The van der Waals surface area contributed by atoms with Crippen LogP contribution in [0.3, 0.4) is 0 Å². The summed E-state index contributed by atoms with van der Waals surface area (Å²) in [6.45, 7) is 3.11. The van der Waals surface area contributed by atoms with Gasteiger partial charge in [0.25, 0.3) is 5.69 Å². The van der Waals surface area contributed by atoms with Gasteiger partial charge in [0.05, 0.1) is 16.2 Å². The van der Waals surface area contributed by atoms with Crippen molar-refractivity contribution in [3.63, 3.8) is 0 Å². The standard InChI is InChI=1S/C11H15N3O3S/c1-2-12-18(17)13-8-4-5-9-10(13)6-3-7-11(9)14(15)16/h3,6-7,12H,2,4-5,8H2,1H3. The molecule has 1 heterocycles. The molecule has 1 N–H and O–H groups in total. The summed E-state index contributed by atoms with van der Waals surface area (Å²) in [5, 5.41) is 11.0. The van der Waals surface area contributed by atoms with Gasteiger partial charge in [0.2, 0.25) is 0 Å². The quantitative estimate of drug-likeness (QED) is 0.665. The predicted molar refractivity (Wildman–Crippen MR) is 70.6 cm³/mol. The molecule has 0 aliphatic carbocycles. The van der Waals surface area contributed by atoms with E-state index < -0.39 is 11.2 Å². The molecule has 0 radical (unpaired) electrons. The Labute approximate surface area is 108 Å². The lowest BCUT2D eigenvalue weighted by Gasteiger charge is -2.29. The third-order valence-corrected chi connectivity index (χ3v) is 4.16. The van der Waals surface area contributed by atoms with E-state index in [1.165, 1.54) is 6.07 Å². The molecule has 6 nitrogen and oxygen atoms in total. The topological polar surface area (TPSA) is 75.5 Å². The van der Waals surface area contributed by atoms with Gasteiger partial charge in [-0.3, -0.25) is 14.4 Å². The number of nitro groups is 1. The maximum Gasteiger partial charge on any atom is 0.274 e. The number of nitro benzene ring substituents is 1. The van der Waals surface area contributed by atoms with Crippen molar-refractivity contribution in [2.24, 2.45) is 0 Å². The molecule has 0 bridgehead atoms.